The van der Waals surface area contributed by atoms with E-state index in [2.05, 4.69) is 12.1 Å². The summed E-state index contributed by atoms with van der Waals surface area (Å²) in [7, 11) is 0. The van der Waals surface area contributed by atoms with Crippen LogP contribution in [0.15, 0.2) is 24.3 Å². The highest BCUT2D eigenvalue weighted by Gasteiger charge is 2.08. The highest BCUT2D eigenvalue weighted by molar-refractivity contribution is 5.27. The maximum Gasteiger partial charge on any atom is 0.119 e. The lowest BCUT2D eigenvalue weighted by Gasteiger charge is -2.14. The molecule has 0 fully saturated rings. The number of aliphatic hydroxyl groups is 1. The average molecular weight is 222 g/mol. The molecular weight excluding hydrogens is 200 g/mol. The van der Waals surface area contributed by atoms with Crippen LogP contribution in [-0.4, -0.2) is 17.8 Å². The highest BCUT2D eigenvalue weighted by atomic mass is 16.5. The maximum absolute atomic E-state index is 9.70. The Kier molecular flexibility index (Phi) is 5.33. The summed E-state index contributed by atoms with van der Waals surface area (Å²) in [6.07, 6.45) is 1.55. The zero-order valence-corrected chi connectivity index (χ0v) is 10.4. The van der Waals surface area contributed by atoms with E-state index in [9.17, 15) is 5.11 Å². The molecule has 0 aliphatic carbocycles. The Morgan fingerprint density at radius 2 is 1.81 bits per heavy atom. The number of benzene rings is 1. The molecule has 0 aliphatic rings. The number of hydrogen-bond acceptors (Lipinski definition) is 2. The van der Waals surface area contributed by atoms with Crippen LogP contribution in [0, 0.1) is 5.92 Å². The van der Waals surface area contributed by atoms with Crippen molar-refractivity contribution in [3.8, 4) is 5.75 Å². The Morgan fingerprint density at radius 1 is 1.19 bits per heavy atom. The lowest BCUT2D eigenvalue weighted by Crippen LogP contribution is -2.15. The quantitative estimate of drug-likeness (QED) is 0.801. The topological polar surface area (TPSA) is 29.5 Å². The van der Waals surface area contributed by atoms with Crippen LogP contribution in [0.3, 0.4) is 0 Å². The lowest BCUT2D eigenvalue weighted by molar-refractivity contribution is 0.116. The molecule has 0 aromatic heterocycles. The monoisotopic (exact) mass is 222 g/mol. The summed E-state index contributed by atoms with van der Waals surface area (Å²) in [4.78, 5) is 0. The molecule has 0 aliphatic heterocycles. The van der Waals surface area contributed by atoms with E-state index in [0.29, 0.717) is 12.5 Å². The molecule has 0 saturated carbocycles. The van der Waals surface area contributed by atoms with Crippen molar-refractivity contribution in [1.82, 2.24) is 0 Å². The Labute approximate surface area is 98.3 Å². The van der Waals surface area contributed by atoms with Crippen molar-refractivity contribution in [2.45, 2.75) is 39.7 Å². The molecule has 1 N–H and O–H groups in total. The van der Waals surface area contributed by atoms with Crippen LogP contribution in [0.5, 0.6) is 5.75 Å². The largest absolute Gasteiger partial charge is 0.494 e. The van der Waals surface area contributed by atoms with Crippen molar-refractivity contribution >= 4 is 0 Å². The second-order valence-corrected chi connectivity index (χ2v) is 4.43. The van der Waals surface area contributed by atoms with Crippen LogP contribution in [-0.2, 0) is 6.42 Å². The van der Waals surface area contributed by atoms with Gasteiger partial charge in [-0.25, -0.2) is 0 Å². The standard InChI is InChI=1S/C14H22O2/c1-4-16-13-8-5-12(6-9-13)7-10-14(15)11(2)3/h5-6,8-9,11,14-15H,4,7,10H2,1-3H3. The molecule has 2 nitrogen and oxygen atoms in total. The van der Waals surface area contributed by atoms with Gasteiger partial charge >= 0.3 is 0 Å². The second-order valence-electron chi connectivity index (χ2n) is 4.43. The van der Waals surface area contributed by atoms with Gasteiger partial charge < -0.3 is 9.84 Å². The van der Waals surface area contributed by atoms with E-state index >= 15 is 0 Å². The molecule has 0 heterocycles. The summed E-state index contributed by atoms with van der Waals surface area (Å²) in [6, 6.07) is 8.11. The first-order chi connectivity index (χ1) is 7.63. The van der Waals surface area contributed by atoms with Crippen molar-refractivity contribution < 1.29 is 9.84 Å². The minimum absolute atomic E-state index is 0.202. The average Bonchev–Trinajstić information content (AvgIpc) is 2.28. The SMILES string of the molecule is CCOc1ccc(CCC(O)C(C)C)cc1. The molecule has 1 unspecified atom stereocenters. The number of aliphatic hydroxyl groups excluding tert-OH is 1. The molecule has 0 spiro atoms. The molecule has 90 valence electrons. The van der Waals surface area contributed by atoms with E-state index in [4.69, 9.17) is 4.74 Å². The minimum Gasteiger partial charge on any atom is -0.494 e. The molecule has 1 aromatic carbocycles. The summed E-state index contributed by atoms with van der Waals surface area (Å²) < 4.78 is 5.38. The van der Waals surface area contributed by atoms with E-state index in [1.807, 2.05) is 32.9 Å². The third-order valence-corrected chi connectivity index (χ3v) is 2.73. The van der Waals surface area contributed by atoms with Crippen molar-refractivity contribution in [3.05, 3.63) is 29.8 Å². The fourth-order valence-corrected chi connectivity index (χ4v) is 1.57. The van der Waals surface area contributed by atoms with Gasteiger partial charge in [0.15, 0.2) is 0 Å². The van der Waals surface area contributed by atoms with Crippen molar-refractivity contribution in [1.29, 1.82) is 0 Å². The normalized spacial score (nSPS) is 12.8. The van der Waals surface area contributed by atoms with Gasteiger partial charge in [-0.1, -0.05) is 26.0 Å². The fraction of sp³-hybridized carbons (Fsp3) is 0.571. The third-order valence-electron chi connectivity index (χ3n) is 2.73. The predicted molar refractivity (Wildman–Crippen MR) is 66.8 cm³/mol. The van der Waals surface area contributed by atoms with Gasteiger partial charge in [0.05, 0.1) is 12.7 Å². The second kappa shape index (κ2) is 6.54. The molecule has 0 amide bonds. The number of ether oxygens (including phenoxy) is 1. The van der Waals surface area contributed by atoms with Gasteiger partial charge in [0.1, 0.15) is 5.75 Å². The molecule has 0 saturated heterocycles. The van der Waals surface area contributed by atoms with E-state index < -0.39 is 0 Å². The van der Waals surface area contributed by atoms with Gasteiger partial charge in [-0.05, 0) is 43.4 Å². The highest BCUT2D eigenvalue weighted by Crippen LogP contribution is 2.15. The molecule has 1 aromatic rings. The maximum atomic E-state index is 9.70. The Hall–Kier alpha value is -1.02. The fourth-order valence-electron chi connectivity index (χ4n) is 1.57. The Bertz CT molecular complexity index is 290. The van der Waals surface area contributed by atoms with Crippen LogP contribution in [0.2, 0.25) is 0 Å². The molecule has 0 bridgehead atoms. The molecular formula is C14H22O2. The zero-order chi connectivity index (χ0) is 12.0. The van der Waals surface area contributed by atoms with Crippen molar-refractivity contribution in [3.63, 3.8) is 0 Å². The first kappa shape index (κ1) is 13.0. The summed E-state index contributed by atoms with van der Waals surface area (Å²) in [6.45, 7) is 6.77. The molecule has 1 rings (SSSR count). The van der Waals surface area contributed by atoms with Crippen LogP contribution in [0.25, 0.3) is 0 Å². The minimum atomic E-state index is -0.202. The van der Waals surface area contributed by atoms with Crippen LogP contribution in [0.4, 0.5) is 0 Å². The van der Waals surface area contributed by atoms with Gasteiger partial charge in [0.2, 0.25) is 0 Å². The van der Waals surface area contributed by atoms with Gasteiger partial charge in [-0.15, -0.1) is 0 Å². The van der Waals surface area contributed by atoms with E-state index in [1.165, 1.54) is 5.56 Å². The third kappa shape index (κ3) is 4.23. The molecule has 16 heavy (non-hydrogen) atoms. The lowest BCUT2D eigenvalue weighted by atomic mass is 9.99. The van der Waals surface area contributed by atoms with E-state index in [-0.39, 0.29) is 6.10 Å². The predicted octanol–water partition coefficient (Wildman–Crippen LogP) is 3.03. The molecule has 2 heteroatoms. The van der Waals surface area contributed by atoms with E-state index in [1.54, 1.807) is 0 Å². The van der Waals surface area contributed by atoms with Crippen LogP contribution < -0.4 is 4.74 Å². The van der Waals surface area contributed by atoms with Crippen molar-refractivity contribution in [2.24, 2.45) is 5.92 Å². The summed E-state index contributed by atoms with van der Waals surface area (Å²) >= 11 is 0. The summed E-state index contributed by atoms with van der Waals surface area (Å²) in [5.41, 5.74) is 1.25. The Balaban J connectivity index is 2.43. The summed E-state index contributed by atoms with van der Waals surface area (Å²) in [5.74, 6) is 1.25. The van der Waals surface area contributed by atoms with Gasteiger partial charge in [0.25, 0.3) is 0 Å². The smallest absolute Gasteiger partial charge is 0.119 e. The van der Waals surface area contributed by atoms with Crippen molar-refractivity contribution in [2.75, 3.05) is 6.61 Å². The number of aryl methyl sites for hydroxylation is 1. The number of rotatable bonds is 6. The first-order valence-corrected chi connectivity index (χ1v) is 6.03. The van der Waals surface area contributed by atoms with Gasteiger partial charge in [-0.3, -0.25) is 0 Å². The van der Waals surface area contributed by atoms with Gasteiger partial charge in [-0.2, -0.15) is 0 Å². The molecule has 0 radical (unpaired) electrons. The van der Waals surface area contributed by atoms with Crippen LogP contribution >= 0.6 is 0 Å². The Morgan fingerprint density at radius 3 is 2.31 bits per heavy atom. The first-order valence-electron chi connectivity index (χ1n) is 6.03. The molecule has 1 atom stereocenters. The zero-order valence-electron chi connectivity index (χ0n) is 10.4. The van der Waals surface area contributed by atoms with E-state index in [0.717, 1.165) is 18.6 Å². The van der Waals surface area contributed by atoms with Crippen LogP contribution in [0.1, 0.15) is 32.8 Å². The van der Waals surface area contributed by atoms with Gasteiger partial charge in [0, 0.05) is 0 Å². The number of hydrogen-bond donors (Lipinski definition) is 1. The summed E-state index contributed by atoms with van der Waals surface area (Å²) in [5, 5.41) is 9.70.